The van der Waals surface area contributed by atoms with Gasteiger partial charge in [0, 0.05) is 18.7 Å². The van der Waals surface area contributed by atoms with Crippen LogP contribution in [-0.4, -0.2) is 35.6 Å². The predicted molar refractivity (Wildman–Crippen MR) is 100 cm³/mol. The number of nitrogens with one attached hydrogen (secondary N) is 3. The number of rotatable bonds is 9. The molecule has 0 heterocycles. The fourth-order valence-corrected chi connectivity index (χ4v) is 2.44. The highest BCUT2D eigenvalue weighted by molar-refractivity contribution is 5.83. The van der Waals surface area contributed by atoms with E-state index in [9.17, 15) is 19.3 Å². The Morgan fingerprint density at radius 2 is 1.89 bits per heavy atom. The van der Waals surface area contributed by atoms with Crippen LogP contribution < -0.4 is 16.0 Å². The normalized spacial score (nSPS) is 11.5. The highest BCUT2D eigenvalue weighted by atomic mass is 19.1. The van der Waals surface area contributed by atoms with E-state index in [-0.39, 0.29) is 43.2 Å². The van der Waals surface area contributed by atoms with Crippen LogP contribution >= 0.6 is 0 Å². The third-order valence-corrected chi connectivity index (χ3v) is 3.83. The summed E-state index contributed by atoms with van der Waals surface area (Å²) in [5, 5.41) is 28.4. The molecule has 1 amide bonds. The minimum atomic E-state index is -0.530. The molecule has 144 valence electrons. The largest absolute Gasteiger partial charge is 0.395 e. The van der Waals surface area contributed by atoms with E-state index >= 15 is 0 Å². The van der Waals surface area contributed by atoms with Crippen molar-refractivity contribution in [2.45, 2.75) is 13.0 Å². The van der Waals surface area contributed by atoms with Crippen LogP contribution in [0.15, 0.2) is 42.5 Å². The number of benzene rings is 2. The maximum absolute atomic E-state index is 13.0. The van der Waals surface area contributed by atoms with Crippen molar-refractivity contribution in [3.05, 3.63) is 64.0 Å². The highest BCUT2D eigenvalue weighted by Gasteiger charge is 2.13. The van der Waals surface area contributed by atoms with Crippen LogP contribution in [0, 0.1) is 15.9 Å². The molecule has 0 spiro atoms. The summed E-state index contributed by atoms with van der Waals surface area (Å²) in [5.74, 6) is -0.682. The van der Waals surface area contributed by atoms with Crippen molar-refractivity contribution in [3.8, 4) is 0 Å². The second-order valence-electron chi connectivity index (χ2n) is 5.83. The molecule has 0 saturated carbocycles. The third-order valence-electron chi connectivity index (χ3n) is 3.83. The molecule has 1 atom stereocenters. The van der Waals surface area contributed by atoms with Crippen molar-refractivity contribution >= 4 is 23.0 Å². The zero-order valence-electron chi connectivity index (χ0n) is 14.7. The molecular weight excluding hydrogens is 355 g/mol. The molecule has 0 aliphatic heterocycles. The fraction of sp³-hybridized carbons (Fsp3) is 0.278. The first-order valence-corrected chi connectivity index (χ1v) is 8.32. The van der Waals surface area contributed by atoms with Crippen LogP contribution in [0.3, 0.4) is 0 Å². The number of nitro groups is 1. The number of nitro benzene ring substituents is 1. The van der Waals surface area contributed by atoms with E-state index in [1.54, 1.807) is 19.1 Å². The maximum atomic E-state index is 13.0. The molecule has 27 heavy (non-hydrogen) atoms. The fourth-order valence-electron chi connectivity index (χ4n) is 2.44. The second kappa shape index (κ2) is 9.48. The van der Waals surface area contributed by atoms with Gasteiger partial charge in [-0.3, -0.25) is 14.9 Å². The van der Waals surface area contributed by atoms with E-state index in [0.29, 0.717) is 11.4 Å². The standard InChI is InChI=1S/C18H21FN4O4/c1-12(13-2-4-14(19)5-3-13)22-18(25)11-21-17-10-15(23(26)27)6-7-16(17)20-8-9-24/h2-7,10,12,20-21,24H,8-9,11H2,1H3,(H,22,25). The predicted octanol–water partition coefficient (Wildman–Crippen LogP) is 2.43. The van der Waals surface area contributed by atoms with Gasteiger partial charge in [-0.2, -0.15) is 0 Å². The summed E-state index contributed by atoms with van der Waals surface area (Å²) in [7, 11) is 0. The Morgan fingerprint density at radius 1 is 1.19 bits per heavy atom. The summed E-state index contributed by atoms with van der Waals surface area (Å²) >= 11 is 0. The summed E-state index contributed by atoms with van der Waals surface area (Å²) in [6, 6.07) is 9.65. The Morgan fingerprint density at radius 3 is 2.52 bits per heavy atom. The van der Waals surface area contributed by atoms with Gasteiger partial charge >= 0.3 is 0 Å². The summed E-state index contributed by atoms with van der Waals surface area (Å²) in [5.41, 5.74) is 1.55. The number of carbonyl (C=O) groups is 1. The Kier molecular flexibility index (Phi) is 7.07. The van der Waals surface area contributed by atoms with Crippen molar-refractivity contribution in [1.29, 1.82) is 0 Å². The van der Waals surface area contributed by atoms with E-state index in [0.717, 1.165) is 5.56 Å². The summed E-state index contributed by atoms with van der Waals surface area (Å²) in [6.45, 7) is 1.82. The van der Waals surface area contributed by atoms with E-state index in [1.165, 1.54) is 30.3 Å². The number of hydrogen-bond acceptors (Lipinski definition) is 6. The lowest BCUT2D eigenvalue weighted by atomic mass is 10.1. The molecule has 2 aromatic rings. The lowest BCUT2D eigenvalue weighted by Gasteiger charge is -2.16. The molecule has 2 rings (SSSR count). The van der Waals surface area contributed by atoms with Crippen LogP contribution in [0.2, 0.25) is 0 Å². The quantitative estimate of drug-likeness (QED) is 0.394. The van der Waals surface area contributed by atoms with Gasteiger partial charge in [0.1, 0.15) is 5.82 Å². The SMILES string of the molecule is CC(NC(=O)CNc1cc([N+](=O)[O-])ccc1NCCO)c1ccc(F)cc1. The number of non-ortho nitro benzene ring substituents is 1. The van der Waals surface area contributed by atoms with E-state index in [2.05, 4.69) is 16.0 Å². The Balaban J connectivity index is 2.01. The average molecular weight is 376 g/mol. The molecule has 0 radical (unpaired) electrons. The van der Waals surface area contributed by atoms with Crippen molar-refractivity contribution in [3.63, 3.8) is 0 Å². The number of aliphatic hydroxyl groups excluding tert-OH is 1. The zero-order valence-corrected chi connectivity index (χ0v) is 14.7. The molecule has 0 bridgehead atoms. The number of hydrogen-bond donors (Lipinski definition) is 4. The molecule has 0 saturated heterocycles. The minimum absolute atomic E-state index is 0.105. The monoisotopic (exact) mass is 376 g/mol. The lowest BCUT2D eigenvalue weighted by Crippen LogP contribution is -2.32. The summed E-state index contributed by atoms with van der Waals surface area (Å²) in [4.78, 5) is 22.6. The Hall–Kier alpha value is -3.20. The molecule has 4 N–H and O–H groups in total. The van der Waals surface area contributed by atoms with Gasteiger partial charge in [-0.1, -0.05) is 12.1 Å². The molecule has 2 aromatic carbocycles. The van der Waals surface area contributed by atoms with Gasteiger partial charge in [-0.15, -0.1) is 0 Å². The van der Waals surface area contributed by atoms with Crippen LogP contribution in [0.25, 0.3) is 0 Å². The molecule has 0 aliphatic carbocycles. The maximum Gasteiger partial charge on any atom is 0.271 e. The van der Waals surface area contributed by atoms with Gasteiger partial charge in [0.2, 0.25) is 5.91 Å². The van der Waals surface area contributed by atoms with Crippen LogP contribution in [0.4, 0.5) is 21.5 Å². The van der Waals surface area contributed by atoms with Crippen molar-refractivity contribution < 1.29 is 19.2 Å². The number of anilines is 2. The Bertz CT molecular complexity index is 798. The summed E-state index contributed by atoms with van der Waals surface area (Å²) < 4.78 is 13.0. The topological polar surface area (TPSA) is 117 Å². The first-order valence-electron chi connectivity index (χ1n) is 8.32. The minimum Gasteiger partial charge on any atom is -0.395 e. The van der Waals surface area contributed by atoms with Gasteiger partial charge in [0.25, 0.3) is 5.69 Å². The number of carbonyl (C=O) groups excluding carboxylic acids is 1. The average Bonchev–Trinajstić information content (AvgIpc) is 2.65. The first-order chi connectivity index (χ1) is 12.9. The van der Waals surface area contributed by atoms with Gasteiger partial charge < -0.3 is 21.1 Å². The van der Waals surface area contributed by atoms with Gasteiger partial charge in [-0.05, 0) is 30.7 Å². The van der Waals surface area contributed by atoms with Gasteiger partial charge in [-0.25, -0.2) is 4.39 Å². The van der Waals surface area contributed by atoms with Gasteiger partial charge in [0.05, 0.1) is 35.5 Å². The number of nitrogens with zero attached hydrogens (tertiary/aromatic N) is 1. The lowest BCUT2D eigenvalue weighted by molar-refractivity contribution is -0.384. The van der Waals surface area contributed by atoms with Crippen molar-refractivity contribution in [2.24, 2.45) is 0 Å². The van der Waals surface area contributed by atoms with E-state index < -0.39 is 4.92 Å². The zero-order chi connectivity index (χ0) is 19.8. The molecule has 0 fully saturated rings. The van der Waals surface area contributed by atoms with Crippen molar-refractivity contribution in [1.82, 2.24) is 5.32 Å². The molecule has 0 aromatic heterocycles. The van der Waals surface area contributed by atoms with Crippen LogP contribution in [0.5, 0.6) is 0 Å². The van der Waals surface area contributed by atoms with E-state index in [4.69, 9.17) is 5.11 Å². The van der Waals surface area contributed by atoms with E-state index in [1.807, 2.05) is 0 Å². The van der Waals surface area contributed by atoms with Crippen molar-refractivity contribution in [2.75, 3.05) is 30.3 Å². The smallest absolute Gasteiger partial charge is 0.271 e. The summed E-state index contributed by atoms with van der Waals surface area (Å²) in [6.07, 6.45) is 0. The highest BCUT2D eigenvalue weighted by Crippen LogP contribution is 2.26. The second-order valence-corrected chi connectivity index (χ2v) is 5.83. The van der Waals surface area contributed by atoms with Gasteiger partial charge in [0.15, 0.2) is 0 Å². The molecule has 8 nitrogen and oxygen atoms in total. The number of halogens is 1. The molecule has 1 unspecified atom stereocenters. The molecule has 0 aliphatic rings. The number of aliphatic hydroxyl groups is 1. The molecule has 9 heteroatoms. The first kappa shape index (κ1) is 20.1. The Labute approximate surface area is 155 Å². The number of amides is 1. The van der Waals surface area contributed by atoms with Crippen LogP contribution in [0.1, 0.15) is 18.5 Å². The van der Waals surface area contributed by atoms with Crippen LogP contribution in [-0.2, 0) is 4.79 Å². The molecular formula is C18H21FN4O4. The third kappa shape index (κ3) is 5.93.